The summed E-state index contributed by atoms with van der Waals surface area (Å²) in [4.78, 5) is 12.2. The SMILES string of the molecule is Cc1cc(N)nc(-c2ocnc2C)n1. The Labute approximate surface area is 81.0 Å². The van der Waals surface area contributed by atoms with Gasteiger partial charge in [-0.05, 0) is 13.8 Å². The van der Waals surface area contributed by atoms with Gasteiger partial charge in [-0.1, -0.05) is 0 Å². The van der Waals surface area contributed by atoms with Crippen LogP contribution in [0.1, 0.15) is 11.4 Å². The van der Waals surface area contributed by atoms with Crippen molar-refractivity contribution >= 4 is 5.82 Å². The first kappa shape index (κ1) is 8.68. The van der Waals surface area contributed by atoms with Crippen molar-refractivity contribution in [2.75, 3.05) is 5.73 Å². The molecule has 5 nitrogen and oxygen atoms in total. The van der Waals surface area contributed by atoms with E-state index in [9.17, 15) is 0 Å². The minimum absolute atomic E-state index is 0.434. The van der Waals surface area contributed by atoms with Gasteiger partial charge in [0.15, 0.2) is 18.0 Å². The smallest absolute Gasteiger partial charge is 0.199 e. The third-order valence-corrected chi connectivity index (χ3v) is 1.82. The predicted molar refractivity (Wildman–Crippen MR) is 51.4 cm³/mol. The number of anilines is 1. The number of hydrogen-bond acceptors (Lipinski definition) is 5. The summed E-state index contributed by atoms with van der Waals surface area (Å²) < 4.78 is 5.17. The minimum atomic E-state index is 0.434. The van der Waals surface area contributed by atoms with Crippen molar-refractivity contribution in [3.63, 3.8) is 0 Å². The van der Waals surface area contributed by atoms with Gasteiger partial charge in [0, 0.05) is 11.8 Å². The Morgan fingerprint density at radius 2 is 2.07 bits per heavy atom. The molecule has 0 saturated carbocycles. The van der Waals surface area contributed by atoms with E-state index in [1.165, 1.54) is 6.39 Å². The predicted octanol–water partition coefficient (Wildman–Crippen LogP) is 1.33. The van der Waals surface area contributed by atoms with E-state index in [-0.39, 0.29) is 0 Å². The van der Waals surface area contributed by atoms with Crippen molar-refractivity contribution in [3.05, 3.63) is 23.8 Å². The molecule has 2 aromatic rings. The maximum Gasteiger partial charge on any atom is 0.199 e. The topological polar surface area (TPSA) is 77.8 Å². The monoisotopic (exact) mass is 190 g/mol. The quantitative estimate of drug-likeness (QED) is 0.733. The maximum absolute atomic E-state index is 5.60. The number of nitrogen functional groups attached to an aromatic ring is 1. The van der Waals surface area contributed by atoms with Crippen LogP contribution in [0.2, 0.25) is 0 Å². The van der Waals surface area contributed by atoms with Crippen LogP contribution in [0.4, 0.5) is 5.82 Å². The summed E-state index contributed by atoms with van der Waals surface area (Å²) in [6.45, 7) is 3.69. The van der Waals surface area contributed by atoms with Crippen LogP contribution in [0.3, 0.4) is 0 Å². The lowest BCUT2D eigenvalue weighted by molar-refractivity contribution is 0.566. The Bertz CT molecular complexity index is 443. The van der Waals surface area contributed by atoms with E-state index in [2.05, 4.69) is 15.0 Å². The summed E-state index contributed by atoms with van der Waals surface area (Å²) in [5.74, 6) is 1.49. The molecular formula is C9H10N4O. The van der Waals surface area contributed by atoms with Crippen LogP contribution in [0, 0.1) is 13.8 Å². The summed E-state index contributed by atoms with van der Waals surface area (Å²) in [6, 6.07) is 1.70. The molecule has 5 heteroatoms. The van der Waals surface area contributed by atoms with Gasteiger partial charge in [-0.3, -0.25) is 0 Å². The number of aryl methyl sites for hydroxylation is 2. The molecule has 0 saturated heterocycles. The van der Waals surface area contributed by atoms with E-state index in [1.807, 2.05) is 13.8 Å². The highest BCUT2D eigenvalue weighted by Crippen LogP contribution is 2.19. The number of nitrogens with two attached hydrogens (primary N) is 1. The van der Waals surface area contributed by atoms with Crippen LogP contribution in [0.5, 0.6) is 0 Å². The third-order valence-electron chi connectivity index (χ3n) is 1.82. The summed E-state index contributed by atoms with van der Waals surface area (Å²) in [5, 5.41) is 0. The summed E-state index contributed by atoms with van der Waals surface area (Å²) in [7, 11) is 0. The molecule has 0 aliphatic rings. The van der Waals surface area contributed by atoms with E-state index in [1.54, 1.807) is 6.07 Å². The fourth-order valence-electron chi connectivity index (χ4n) is 1.21. The molecular weight excluding hydrogens is 180 g/mol. The third kappa shape index (κ3) is 1.44. The number of nitrogens with zero attached hydrogens (tertiary/aromatic N) is 3. The van der Waals surface area contributed by atoms with Gasteiger partial charge < -0.3 is 10.2 Å². The number of aromatic nitrogens is 3. The highest BCUT2D eigenvalue weighted by atomic mass is 16.3. The zero-order valence-electron chi connectivity index (χ0n) is 7.98. The molecule has 0 amide bonds. The van der Waals surface area contributed by atoms with Crippen molar-refractivity contribution < 1.29 is 4.42 Å². The van der Waals surface area contributed by atoms with Gasteiger partial charge in [-0.2, -0.15) is 0 Å². The lowest BCUT2D eigenvalue weighted by Gasteiger charge is -1.99. The summed E-state index contributed by atoms with van der Waals surface area (Å²) in [5.41, 5.74) is 7.17. The molecule has 0 aliphatic heterocycles. The Hall–Kier alpha value is -1.91. The molecule has 0 unspecified atom stereocenters. The van der Waals surface area contributed by atoms with Gasteiger partial charge in [0.25, 0.3) is 0 Å². The number of oxazole rings is 1. The fraction of sp³-hybridized carbons (Fsp3) is 0.222. The Morgan fingerprint density at radius 1 is 1.29 bits per heavy atom. The molecule has 0 fully saturated rings. The van der Waals surface area contributed by atoms with Gasteiger partial charge in [-0.25, -0.2) is 15.0 Å². The molecule has 2 N–H and O–H groups in total. The van der Waals surface area contributed by atoms with Crippen molar-refractivity contribution in [1.29, 1.82) is 0 Å². The largest absolute Gasteiger partial charge is 0.440 e. The normalized spacial score (nSPS) is 10.4. The van der Waals surface area contributed by atoms with Crippen LogP contribution in [-0.4, -0.2) is 15.0 Å². The molecule has 72 valence electrons. The van der Waals surface area contributed by atoms with Gasteiger partial charge in [0.05, 0.1) is 5.69 Å². The highest BCUT2D eigenvalue weighted by molar-refractivity contribution is 5.52. The van der Waals surface area contributed by atoms with E-state index < -0.39 is 0 Å². The molecule has 2 heterocycles. The molecule has 0 bridgehead atoms. The van der Waals surface area contributed by atoms with Crippen LogP contribution in [0.25, 0.3) is 11.6 Å². The Morgan fingerprint density at radius 3 is 2.64 bits per heavy atom. The van der Waals surface area contributed by atoms with E-state index in [0.717, 1.165) is 11.4 Å². The van der Waals surface area contributed by atoms with E-state index in [4.69, 9.17) is 10.2 Å². The van der Waals surface area contributed by atoms with Gasteiger partial charge in [0.2, 0.25) is 0 Å². The van der Waals surface area contributed by atoms with Crippen molar-refractivity contribution in [1.82, 2.24) is 15.0 Å². The average molecular weight is 190 g/mol. The second kappa shape index (κ2) is 3.10. The average Bonchev–Trinajstić information content (AvgIpc) is 2.49. The van der Waals surface area contributed by atoms with Crippen LogP contribution in [0.15, 0.2) is 16.9 Å². The van der Waals surface area contributed by atoms with Crippen LogP contribution >= 0.6 is 0 Å². The first-order valence-corrected chi connectivity index (χ1v) is 4.18. The number of hydrogen-bond donors (Lipinski definition) is 1. The lowest BCUT2D eigenvalue weighted by Crippen LogP contribution is -1.97. The van der Waals surface area contributed by atoms with Crippen molar-refractivity contribution in [2.24, 2.45) is 0 Å². The first-order chi connectivity index (χ1) is 6.66. The molecule has 2 aromatic heterocycles. The zero-order chi connectivity index (χ0) is 10.1. The molecule has 2 rings (SSSR count). The summed E-state index contributed by atoms with van der Waals surface area (Å²) >= 11 is 0. The molecule has 0 aliphatic carbocycles. The van der Waals surface area contributed by atoms with Gasteiger partial charge in [-0.15, -0.1) is 0 Å². The van der Waals surface area contributed by atoms with E-state index >= 15 is 0 Å². The molecule has 0 spiro atoms. The van der Waals surface area contributed by atoms with Gasteiger partial charge in [0.1, 0.15) is 5.82 Å². The fourth-order valence-corrected chi connectivity index (χ4v) is 1.21. The summed E-state index contributed by atoms with van der Waals surface area (Å²) in [6.07, 6.45) is 1.37. The highest BCUT2D eigenvalue weighted by Gasteiger charge is 2.10. The second-order valence-electron chi connectivity index (χ2n) is 3.02. The molecule has 0 radical (unpaired) electrons. The zero-order valence-corrected chi connectivity index (χ0v) is 7.98. The lowest BCUT2D eigenvalue weighted by atomic mass is 10.3. The number of rotatable bonds is 1. The Balaban J connectivity index is 2.57. The Kier molecular flexibility index (Phi) is 1.92. The van der Waals surface area contributed by atoms with Crippen molar-refractivity contribution in [2.45, 2.75) is 13.8 Å². The standard InChI is InChI=1S/C9H10N4O/c1-5-3-7(10)13-9(12-5)8-6(2)11-4-14-8/h3-4H,1-2H3,(H2,10,12,13). The minimum Gasteiger partial charge on any atom is -0.440 e. The molecule has 0 atom stereocenters. The first-order valence-electron chi connectivity index (χ1n) is 4.18. The van der Waals surface area contributed by atoms with Crippen LogP contribution < -0.4 is 5.73 Å². The maximum atomic E-state index is 5.60. The van der Waals surface area contributed by atoms with Gasteiger partial charge >= 0.3 is 0 Å². The van der Waals surface area contributed by atoms with E-state index in [0.29, 0.717) is 17.4 Å². The molecule has 0 aromatic carbocycles. The molecule has 14 heavy (non-hydrogen) atoms. The van der Waals surface area contributed by atoms with Crippen LogP contribution in [-0.2, 0) is 0 Å². The second-order valence-corrected chi connectivity index (χ2v) is 3.02. The van der Waals surface area contributed by atoms with Crippen molar-refractivity contribution in [3.8, 4) is 11.6 Å².